The molecule has 0 aromatic carbocycles. The van der Waals surface area contributed by atoms with E-state index in [-0.39, 0.29) is 0 Å². The molecule has 1 saturated carbocycles. The molecule has 0 saturated heterocycles. The van der Waals surface area contributed by atoms with Gasteiger partial charge in [0, 0.05) is 18.4 Å². The molecule has 0 bridgehead atoms. The van der Waals surface area contributed by atoms with Gasteiger partial charge < -0.3 is 5.32 Å². The molecule has 0 radical (unpaired) electrons. The molecule has 1 aliphatic carbocycles. The third kappa shape index (κ3) is 3.56. The topological polar surface area (TPSA) is 24.9 Å². The van der Waals surface area contributed by atoms with Gasteiger partial charge >= 0.3 is 0 Å². The summed E-state index contributed by atoms with van der Waals surface area (Å²) in [4.78, 5) is 4.13. The molecular weight excluding hydrogens is 232 g/mol. The van der Waals surface area contributed by atoms with Crippen molar-refractivity contribution in [3.63, 3.8) is 0 Å². The number of nitrogens with zero attached hydrogens (tertiary/aromatic N) is 1. The lowest BCUT2D eigenvalue weighted by atomic mass is 9.74. The number of rotatable bonds is 7. The van der Waals surface area contributed by atoms with E-state index in [0.717, 1.165) is 13.0 Å². The van der Waals surface area contributed by atoms with E-state index < -0.39 is 0 Å². The molecule has 0 amide bonds. The molecule has 0 spiro atoms. The molecule has 1 fully saturated rings. The first-order valence-electron chi connectivity index (χ1n) is 7.93. The Bertz CT molecular complexity index is 355. The monoisotopic (exact) mass is 260 g/mol. The first kappa shape index (κ1) is 14.5. The molecule has 2 heteroatoms. The molecule has 1 N–H and O–H groups in total. The van der Waals surface area contributed by atoms with Gasteiger partial charge in [0.25, 0.3) is 0 Å². The van der Waals surface area contributed by atoms with Gasteiger partial charge in [-0.15, -0.1) is 0 Å². The molecular formula is C17H28N2. The van der Waals surface area contributed by atoms with Crippen LogP contribution in [0.25, 0.3) is 0 Å². The number of hydrogen-bond acceptors (Lipinski definition) is 2. The van der Waals surface area contributed by atoms with Crippen molar-refractivity contribution in [2.24, 2.45) is 5.41 Å². The molecule has 1 unspecified atom stereocenters. The van der Waals surface area contributed by atoms with Gasteiger partial charge in [-0.25, -0.2) is 0 Å². The highest BCUT2D eigenvalue weighted by atomic mass is 14.9. The zero-order valence-electron chi connectivity index (χ0n) is 12.5. The summed E-state index contributed by atoms with van der Waals surface area (Å²) in [5, 5.41) is 3.83. The van der Waals surface area contributed by atoms with Crippen LogP contribution in [0.2, 0.25) is 0 Å². The number of aromatic nitrogens is 1. The van der Waals surface area contributed by atoms with Gasteiger partial charge in [0.15, 0.2) is 0 Å². The minimum Gasteiger partial charge on any atom is -0.313 e. The predicted molar refractivity (Wildman–Crippen MR) is 81.2 cm³/mol. The zero-order valence-corrected chi connectivity index (χ0v) is 12.5. The van der Waals surface area contributed by atoms with Gasteiger partial charge in [0.05, 0.1) is 0 Å². The summed E-state index contributed by atoms with van der Waals surface area (Å²) in [5.41, 5.74) is 1.95. The van der Waals surface area contributed by atoms with Crippen molar-refractivity contribution in [2.75, 3.05) is 6.54 Å². The van der Waals surface area contributed by atoms with Crippen molar-refractivity contribution in [1.82, 2.24) is 10.3 Å². The van der Waals surface area contributed by atoms with Gasteiger partial charge in [-0.1, -0.05) is 26.7 Å². The summed E-state index contributed by atoms with van der Waals surface area (Å²) in [5.74, 6) is 0. The Morgan fingerprint density at radius 3 is 2.47 bits per heavy atom. The van der Waals surface area contributed by atoms with E-state index >= 15 is 0 Å². The molecule has 1 aliphatic rings. The van der Waals surface area contributed by atoms with Crippen molar-refractivity contribution < 1.29 is 0 Å². The van der Waals surface area contributed by atoms with Crippen LogP contribution in [0.4, 0.5) is 0 Å². The van der Waals surface area contributed by atoms with E-state index in [9.17, 15) is 0 Å². The maximum Gasteiger partial charge on any atom is 0.0270 e. The Kier molecular flexibility index (Phi) is 5.38. The SMILES string of the molecule is CCCNC(Cc1ccncc1)C1(CC)CCCC1. The molecule has 0 aliphatic heterocycles. The first-order valence-corrected chi connectivity index (χ1v) is 7.93. The summed E-state index contributed by atoms with van der Waals surface area (Å²) >= 11 is 0. The molecule has 2 nitrogen and oxygen atoms in total. The van der Waals surface area contributed by atoms with Crippen molar-refractivity contribution in [3.8, 4) is 0 Å². The van der Waals surface area contributed by atoms with E-state index in [0.29, 0.717) is 11.5 Å². The Hall–Kier alpha value is -0.890. The third-order valence-electron chi connectivity index (χ3n) is 4.87. The van der Waals surface area contributed by atoms with Crippen LogP contribution in [0.5, 0.6) is 0 Å². The fourth-order valence-corrected chi connectivity index (χ4v) is 3.61. The second-order valence-electron chi connectivity index (χ2n) is 5.99. The Morgan fingerprint density at radius 2 is 1.89 bits per heavy atom. The largest absolute Gasteiger partial charge is 0.313 e. The predicted octanol–water partition coefficient (Wildman–Crippen LogP) is 3.96. The van der Waals surface area contributed by atoms with E-state index in [4.69, 9.17) is 0 Å². The van der Waals surface area contributed by atoms with Gasteiger partial charge in [-0.3, -0.25) is 4.98 Å². The molecule has 106 valence electrons. The lowest BCUT2D eigenvalue weighted by Gasteiger charge is -2.38. The lowest BCUT2D eigenvalue weighted by Crippen LogP contribution is -2.45. The van der Waals surface area contributed by atoms with E-state index in [2.05, 4.69) is 36.3 Å². The Labute approximate surface area is 118 Å². The van der Waals surface area contributed by atoms with Gasteiger partial charge in [0.1, 0.15) is 0 Å². The smallest absolute Gasteiger partial charge is 0.0270 e. The molecule has 2 rings (SSSR count). The summed E-state index contributed by atoms with van der Waals surface area (Å²) in [6, 6.07) is 4.96. The number of hydrogen-bond donors (Lipinski definition) is 1. The van der Waals surface area contributed by atoms with Gasteiger partial charge in [-0.05, 0) is 61.8 Å². The normalized spacial score (nSPS) is 19.5. The molecule has 1 aromatic rings. The second kappa shape index (κ2) is 7.04. The van der Waals surface area contributed by atoms with E-state index in [1.165, 1.54) is 44.1 Å². The average molecular weight is 260 g/mol. The lowest BCUT2D eigenvalue weighted by molar-refractivity contribution is 0.184. The average Bonchev–Trinajstić information content (AvgIpc) is 2.94. The second-order valence-corrected chi connectivity index (χ2v) is 5.99. The summed E-state index contributed by atoms with van der Waals surface area (Å²) in [6.45, 7) is 5.76. The van der Waals surface area contributed by atoms with Crippen LogP contribution >= 0.6 is 0 Å². The Balaban J connectivity index is 2.10. The van der Waals surface area contributed by atoms with E-state index in [1.807, 2.05) is 12.4 Å². The third-order valence-corrected chi connectivity index (χ3v) is 4.87. The maximum atomic E-state index is 4.13. The highest BCUT2D eigenvalue weighted by Gasteiger charge is 2.39. The minimum absolute atomic E-state index is 0.526. The number of pyridine rings is 1. The maximum absolute atomic E-state index is 4.13. The van der Waals surface area contributed by atoms with Crippen LogP contribution in [0, 0.1) is 5.41 Å². The number of nitrogens with one attached hydrogen (secondary N) is 1. The van der Waals surface area contributed by atoms with Crippen LogP contribution in [0.15, 0.2) is 24.5 Å². The molecule has 1 heterocycles. The quantitative estimate of drug-likeness (QED) is 0.802. The molecule has 1 atom stereocenters. The van der Waals surface area contributed by atoms with Crippen LogP contribution in [0.3, 0.4) is 0 Å². The minimum atomic E-state index is 0.526. The van der Waals surface area contributed by atoms with Crippen molar-refractivity contribution in [2.45, 2.75) is 64.8 Å². The van der Waals surface area contributed by atoms with Gasteiger partial charge in [-0.2, -0.15) is 0 Å². The first-order chi connectivity index (χ1) is 9.30. The van der Waals surface area contributed by atoms with Crippen molar-refractivity contribution in [3.05, 3.63) is 30.1 Å². The molecule has 1 aromatic heterocycles. The zero-order chi connectivity index (χ0) is 13.6. The summed E-state index contributed by atoms with van der Waals surface area (Å²) in [6.07, 6.45) is 13.1. The van der Waals surface area contributed by atoms with E-state index in [1.54, 1.807) is 0 Å². The molecule has 19 heavy (non-hydrogen) atoms. The summed E-state index contributed by atoms with van der Waals surface area (Å²) in [7, 11) is 0. The van der Waals surface area contributed by atoms with Gasteiger partial charge in [0.2, 0.25) is 0 Å². The van der Waals surface area contributed by atoms with Crippen LogP contribution < -0.4 is 5.32 Å². The van der Waals surface area contributed by atoms with Crippen molar-refractivity contribution in [1.29, 1.82) is 0 Å². The highest BCUT2D eigenvalue weighted by molar-refractivity contribution is 5.13. The fourth-order valence-electron chi connectivity index (χ4n) is 3.61. The van der Waals surface area contributed by atoms with Crippen LogP contribution in [-0.2, 0) is 6.42 Å². The summed E-state index contributed by atoms with van der Waals surface area (Å²) < 4.78 is 0. The Morgan fingerprint density at radius 1 is 1.21 bits per heavy atom. The van der Waals surface area contributed by atoms with Crippen molar-refractivity contribution >= 4 is 0 Å². The van der Waals surface area contributed by atoms with Crippen LogP contribution in [0.1, 0.15) is 57.9 Å². The highest BCUT2D eigenvalue weighted by Crippen LogP contribution is 2.44. The fraction of sp³-hybridized carbons (Fsp3) is 0.706. The standard InChI is InChI=1S/C17H28N2/c1-3-11-19-16(14-15-7-12-18-13-8-15)17(4-2)9-5-6-10-17/h7-8,12-13,16,19H,3-6,9-11,14H2,1-2H3. The van der Waals surface area contributed by atoms with Crippen LogP contribution in [-0.4, -0.2) is 17.6 Å².